The largest absolute Gasteiger partial charge is 0.438 e. The fraction of sp³-hybridized carbons (Fsp3) is 0.0667. The molecule has 0 amide bonds. The van der Waals surface area contributed by atoms with Crippen LogP contribution in [-0.2, 0) is 6.18 Å². The first-order valence-electron chi connectivity index (χ1n) is 6.09. The van der Waals surface area contributed by atoms with Crippen LogP contribution in [0.25, 0.3) is 10.9 Å². The molecular formula is C15H9F3N2O. The van der Waals surface area contributed by atoms with Crippen molar-refractivity contribution in [1.82, 2.24) is 9.97 Å². The molecule has 0 atom stereocenters. The first-order chi connectivity index (χ1) is 10.0. The number of halogens is 3. The van der Waals surface area contributed by atoms with E-state index in [1.807, 2.05) is 12.1 Å². The molecule has 21 heavy (non-hydrogen) atoms. The summed E-state index contributed by atoms with van der Waals surface area (Å²) in [7, 11) is 0. The van der Waals surface area contributed by atoms with Gasteiger partial charge in [0.1, 0.15) is 12.1 Å². The topological polar surface area (TPSA) is 35.0 Å². The number of nitrogens with zero attached hydrogens (tertiary/aromatic N) is 2. The summed E-state index contributed by atoms with van der Waals surface area (Å²) in [5.41, 5.74) is -0.0168. The maximum Gasteiger partial charge on any atom is 0.416 e. The number of fused-ring (bicyclic) bond motifs is 1. The molecule has 0 saturated carbocycles. The third-order valence-electron chi connectivity index (χ3n) is 2.90. The van der Waals surface area contributed by atoms with E-state index in [1.54, 1.807) is 12.1 Å². The molecule has 0 unspecified atom stereocenters. The molecule has 0 N–H and O–H groups in total. The molecule has 3 nitrogen and oxygen atoms in total. The molecule has 3 rings (SSSR count). The minimum absolute atomic E-state index is 0.284. The maximum atomic E-state index is 12.5. The Morgan fingerprint density at radius 2 is 1.57 bits per heavy atom. The predicted molar refractivity (Wildman–Crippen MR) is 71.1 cm³/mol. The number of para-hydroxylation sites is 1. The van der Waals surface area contributed by atoms with E-state index < -0.39 is 11.7 Å². The average Bonchev–Trinajstić information content (AvgIpc) is 2.47. The van der Waals surface area contributed by atoms with E-state index in [-0.39, 0.29) is 5.75 Å². The fourth-order valence-corrected chi connectivity index (χ4v) is 1.89. The van der Waals surface area contributed by atoms with Crippen molar-refractivity contribution in [3.05, 3.63) is 60.4 Å². The lowest BCUT2D eigenvalue weighted by atomic mass is 10.2. The van der Waals surface area contributed by atoms with Gasteiger partial charge in [-0.2, -0.15) is 13.2 Å². The zero-order valence-corrected chi connectivity index (χ0v) is 10.6. The number of ether oxygens (including phenoxy) is 1. The standard InChI is InChI=1S/C15H9F3N2O/c16-15(17,18)10-5-7-11(8-6-10)21-14-12-3-1-2-4-13(12)19-9-20-14/h1-9H. The number of hydrogen-bond acceptors (Lipinski definition) is 3. The molecule has 0 radical (unpaired) electrons. The van der Waals surface area contributed by atoms with Gasteiger partial charge in [-0.3, -0.25) is 0 Å². The van der Waals surface area contributed by atoms with Gasteiger partial charge < -0.3 is 4.74 Å². The van der Waals surface area contributed by atoms with Gasteiger partial charge in [0, 0.05) is 0 Å². The van der Waals surface area contributed by atoms with Crippen molar-refractivity contribution in [2.24, 2.45) is 0 Å². The average molecular weight is 290 g/mol. The Balaban J connectivity index is 1.92. The van der Waals surface area contributed by atoms with Crippen molar-refractivity contribution < 1.29 is 17.9 Å². The minimum Gasteiger partial charge on any atom is -0.438 e. The minimum atomic E-state index is -4.36. The fourth-order valence-electron chi connectivity index (χ4n) is 1.89. The molecule has 0 saturated heterocycles. The van der Waals surface area contributed by atoms with E-state index in [9.17, 15) is 13.2 Å². The van der Waals surface area contributed by atoms with Gasteiger partial charge in [0.05, 0.1) is 16.5 Å². The molecule has 1 aromatic heterocycles. The van der Waals surface area contributed by atoms with Crippen LogP contribution in [0.4, 0.5) is 13.2 Å². The molecule has 2 aromatic carbocycles. The van der Waals surface area contributed by atoms with Crippen LogP contribution in [0.15, 0.2) is 54.9 Å². The van der Waals surface area contributed by atoms with Gasteiger partial charge in [-0.15, -0.1) is 0 Å². The highest BCUT2D eigenvalue weighted by molar-refractivity contribution is 5.83. The molecular weight excluding hydrogens is 281 g/mol. The lowest BCUT2D eigenvalue weighted by Crippen LogP contribution is -2.04. The molecule has 0 aliphatic carbocycles. The van der Waals surface area contributed by atoms with E-state index in [0.29, 0.717) is 16.8 Å². The molecule has 0 bridgehead atoms. The van der Waals surface area contributed by atoms with Gasteiger partial charge in [0.25, 0.3) is 0 Å². The summed E-state index contributed by atoms with van der Waals surface area (Å²) >= 11 is 0. The van der Waals surface area contributed by atoms with Crippen molar-refractivity contribution >= 4 is 10.9 Å². The number of aromatic nitrogens is 2. The van der Waals surface area contributed by atoms with Gasteiger partial charge in [-0.05, 0) is 36.4 Å². The van der Waals surface area contributed by atoms with Crippen molar-refractivity contribution in [1.29, 1.82) is 0 Å². The molecule has 0 aliphatic heterocycles. The number of hydrogen-bond donors (Lipinski definition) is 0. The molecule has 0 spiro atoms. The van der Waals surface area contributed by atoms with Crippen LogP contribution in [0.5, 0.6) is 11.6 Å². The van der Waals surface area contributed by atoms with Gasteiger partial charge in [0.15, 0.2) is 0 Å². The van der Waals surface area contributed by atoms with E-state index >= 15 is 0 Å². The van der Waals surface area contributed by atoms with E-state index in [1.165, 1.54) is 18.5 Å². The Morgan fingerprint density at radius 3 is 2.29 bits per heavy atom. The molecule has 106 valence electrons. The highest BCUT2D eigenvalue weighted by atomic mass is 19.4. The molecule has 0 aliphatic rings. The monoisotopic (exact) mass is 290 g/mol. The zero-order valence-electron chi connectivity index (χ0n) is 10.6. The first kappa shape index (κ1) is 13.4. The zero-order chi connectivity index (χ0) is 14.9. The molecule has 1 heterocycles. The van der Waals surface area contributed by atoms with Crippen LogP contribution in [0, 0.1) is 0 Å². The highest BCUT2D eigenvalue weighted by Crippen LogP contribution is 2.32. The second-order valence-corrected chi connectivity index (χ2v) is 4.32. The summed E-state index contributed by atoms with van der Waals surface area (Å²) < 4.78 is 43.0. The van der Waals surface area contributed by atoms with Crippen LogP contribution in [0.2, 0.25) is 0 Å². The normalized spacial score (nSPS) is 11.6. The van der Waals surface area contributed by atoms with Crippen LogP contribution in [0.1, 0.15) is 5.56 Å². The summed E-state index contributed by atoms with van der Waals surface area (Å²) in [6.45, 7) is 0. The number of benzene rings is 2. The summed E-state index contributed by atoms with van der Waals surface area (Å²) in [5, 5.41) is 0.694. The lowest BCUT2D eigenvalue weighted by molar-refractivity contribution is -0.137. The molecule has 3 aromatic rings. The van der Waals surface area contributed by atoms with E-state index in [2.05, 4.69) is 9.97 Å². The summed E-state index contributed by atoms with van der Waals surface area (Å²) in [5.74, 6) is 0.590. The van der Waals surface area contributed by atoms with Crippen LogP contribution in [0.3, 0.4) is 0 Å². The summed E-state index contributed by atoms with van der Waals surface area (Å²) in [6, 6.07) is 11.7. The van der Waals surface area contributed by atoms with Crippen molar-refractivity contribution in [3.63, 3.8) is 0 Å². The second-order valence-electron chi connectivity index (χ2n) is 4.32. The molecule has 6 heteroatoms. The smallest absolute Gasteiger partial charge is 0.416 e. The van der Waals surface area contributed by atoms with Crippen molar-refractivity contribution in [3.8, 4) is 11.6 Å². The van der Waals surface area contributed by atoms with Crippen LogP contribution in [-0.4, -0.2) is 9.97 Å². The Kier molecular flexibility index (Phi) is 3.21. The maximum absolute atomic E-state index is 12.5. The Bertz CT molecular complexity index is 764. The first-order valence-corrected chi connectivity index (χ1v) is 6.09. The van der Waals surface area contributed by atoms with Crippen LogP contribution < -0.4 is 4.74 Å². The van der Waals surface area contributed by atoms with Crippen LogP contribution >= 0.6 is 0 Å². The van der Waals surface area contributed by atoms with E-state index in [4.69, 9.17) is 4.74 Å². The molecule has 0 fully saturated rings. The Morgan fingerprint density at radius 1 is 0.857 bits per heavy atom. The Labute approximate surface area is 118 Å². The third-order valence-corrected chi connectivity index (χ3v) is 2.90. The Hall–Kier alpha value is -2.63. The summed E-state index contributed by atoms with van der Waals surface area (Å²) in [6.07, 6.45) is -3.01. The van der Waals surface area contributed by atoms with Gasteiger partial charge in [-0.25, -0.2) is 9.97 Å². The predicted octanol–water partition coefficient (Wildman–Crippen LogP) is 4.44. The highest BCUT2D eigenvalue weighted by Gasteiger charge is 2.30. The van der Waals surface area contributed by atoms with Gasteiger partial charge in [0.2, 0.25) is 5.88 Å². The van der Waals surface area contributed by atoms with Gasteiger partial charge >= 0.3 is 6.18 Å². The number of rotatable bonds is 2. The SMILES string of the molecule is FC(F)(F)c1ccc(Oc2ncnc3ccccc23)cc1. The van der Waals surface area contributed by atoms with Gasteiger partial charge in [-0.1, -0.05) is 12.1 Å². The van der Waals surface area contributed by atoms with E-state index in [0.717, 1.165) is 12.1 Å². The summed E-state index contributed by atoms with van der Waals surface area (Å²) in [4.78, 5) is 8.11. The second kappa shape index (κ2) is 5.05. The number of alkyl halides is 3. The quantitative estimate of drug-likeness (QED) is 0.699. The van der Waals surface area contributed by atoms with Crippen molar-refractivity contribution in [2.45, 2.75) is 6.18 Å². The van der Waals surface area contributed by atoms with Crippen molar-refractivity contribution in [2.75, 3.05) is 0 Å². The lowest BCUT2D eigenvalue weighted by Gasteiger charge is -2.09. The third kappa shape index (κ3) is 2.79.